The van der Waals surface area contributed by atoms with Gasteiger partial charge in [-0.3, -0.25) is 4.72 Å². The maximum atomic E-state index is 11.7. The number of benzene rings is 1. The summed E-state index contributed by atoms with van der Waals surface area (Å²) in [5.74, 6) is 0. The summed E-state index contributed by atoms with van der Waals surface area (Å²) in [6.45, 7) is 5.04. The number of nitrogens with zero attached hydrogens (tertiary/aromatic N) is 1. The molecule has 1 aromatic rings. The van der Waals surface area contributed by atoms with Crippen molar-refractivity contribution >= 4 is 21.6 Å². The highest BCUT2D eigenvalue weighted by Crippen LogP contribution is 2.17. The number of nitrogens with one attached hydrogen (secondary N) is 2. The fraction of sp³-hybridized carbons (Fsp3) is 0.364. The summed E-state index contributed by atoms with van der Waals surface area (Å²) in [4.78, 5) is 0. The fourth-order valence-electron chi connectivity index (χ4n) is 1.43. The summed E-state index contributed by atoms with van der Waals surface area (Å²) in [6, 6.07) is 6.49. The minimum atomic E-state index is -3.63. The van der Waals surface area contributed by atoms with E-state index in [9.17, 15) is 8.42 Å². The van der Waals surface area contributed by atoms with Gasteiger partial charge in [0, 0.05) is 11.6 Å². The van der Waals surface area contributed by atoms with Crippen LogP contribution in [0.5, 0.6) is 0 Å². The summed E-state index contributed by atoms with van der Waals surface area (Å²) >= 11 is 0. The molecule has 3 N–H and O–H groups in total. The zero-order valence-corrected chi connectivity index (χ0v) is 11.3. The van der Waals surface area contributed by atoms with Crippen molar-refractivity contribution in [1.82, 2.24) is 4.72 Å². The van der Waals surface area contributed by atoms with E-state index in [1.54, 1.807) is 45.0 Å². The summed E-state index contributed by atoms with van der Waals surface area (Å²) < 4.78 is 28.3. The van der Waals surface area contributed by atoms with Gasteiger partial charge in [-0.15, -0.1) is 0 Å². The summed E-state index contributed by atoms with van der Waals surface area (Å²) in [5, 5.41) is 11.8. The van der Waals surface area contributed by atoms with E-state index in [4.69, 9.17) is 5.21 Å². The van der Waals surface area contributed by atoms with Crippen molar-refractivity contribution in [3.8, 4) is 0 Å². The standard InChI is InChI=1S/C11H17N3O3S/c1-8(2)13-18(16,17)14-11-7-5-4-6-10(11)9(3)12-15/h4-8,13-15H,1-3H3/b12-9+. The third-order valence-electron chi connectivity index (χ3n) is 2.10. The number of para-hydroxylation sites is 1. The minimum absolute atomic E-state index is 0.206. The number of rotatable bonds is 5. The van der Waals surface area contributed by atoms with E-state index in [0.29, 0.717) is 17.0 Å². The molecule has 0 atom stereocenters. The van der Waals surface area contributed by atoms with Crippen molar-refractivity contribution in [2.45, 2.75) is 26.8 Å². The van der Waals surface area contributed by atoms with Gasteiger partial charge in [0.1, 0.15) is 0 Å². The van der Waals surface area contributed by atoms with E-state index < -0.39 is 10.2 Å². The highest BCUT2D eigenvalue weighted by Gasteiger charge is 2.14. The molecule has 0 aliphatic carbocycles. The lowest BCUT2D eigenvalue weighted by Gasteiger charge is -2.14. The summed E-state index contributed by atoms with van der Waals surface area (Å²) in [6.07, 6.45) is 0. The number of anilines is 1. The van der Waals surface area contributed by atoms with Crippen LogP contribution in [0.1, 0.15) is 26.3 Å². The highest BCUT2D eigenvalue weighted by atomic mass is 32.2. The van der Waals surface area contributed by atoms with Gasteiger partial charge in [0.2, 0.25) is 0 Å². The van der Waals surface area contributed by atoms with Crippen LogP contribution in [0, 0.1) is 0 Å². The molecule has 7 heteroatoms. The topological polar surface area (TPSA) is 90.8 Å². The van der Waals surface area contributed by atoms with Gasteiger partial charge in [0.25, 0.3) is 10.2 Å². The Morgan fingerprint density at radius 2 is 1.94 bits per heavy atom. The lowest BCUT2D eigenvalue weighted by Crippen LogP contribution is -2.35. The molecule has 0 aliphatic heterocycles. The van der Waals surface area contributed by atoms with Crippen LogP contribution in [-0.4, -0.2) is 25.4 Å². The van der Waals surface area contributed by atoms with Crippen LogP contribution >= 0.6 is 0 Å². The van der Waals surface area contributed by atoms with Gasteiger partial charge in [-0.1, -0.05) is 23.4 Å². The molecule has 0 heterocycles. The lowest BCUT2D eigenvalue weighted by atomic mass is 10.1. The van der Waals surface area contributed by atoms with E-state index in [1.807, 2.05) is 0 Å². The third-order valence-corrected chi connectivity index (χ3v) is 3.37. The highest BCUT2D eigenvalue weighted by molar-refractivity contribution is 7.90. The van der Waals surface area contributed by atoms with Crippen LogP contribution in [-0.2, 0) is 10.2 Å². The second-order valence-electron chi connectivity index (χ2n) is 4.11. The van der Waals surface area contributed by atoms with Crippen LogP contribution in [0.15, 0.2) is 29.4 Å². The first-order valence-corrected chi connectivity index (χ1v) is 6.92. The van der Waals surface area contributed by atoms with Crippen LogP contribution in [0.4, 0.5) is 5.69 Å². The molecule has 0 unspecified atom stereocenters. The first-order chi connectivity index (χ1) is 8.35. The lowest BCUT2D eigenvalue weighted by molar-refractivity contribution is 0.319. The van der Waals surface area contributed by atoms with E-state index in [2.05, 4.69) is 14.6 Å². The molecule has 0 aromatic heterocycles. The van der Waals surface area contributed by atoms with Gasteiger partial charge in [0.15, 0.2) is 0 Å². The first kappa shape index (κ1) is 14.5. The third kappa shape index (κ3) is 4.01. The SMILES string of the molecule is C/C(=N\O)c1ccccc1NS(=O)(=O)NC(C)C. The number of hydrogen-bond acceptors (Lipinski definition) is 4. The largest absolute Gasteiger partial charge is 0.411 e. The Morgan fingerprint density at radius 3 is 2.50 bits per heavy atom. The Labute approximate surface area is 107 Å². The maximum absolute atomic E-state index is 11.7. The molecule has 0 spiro atoms. The molecule has 0 fully saturated rings. The van der Waals surface area contributed by atoms with Crippen molar-refractivity contribution in [3.63, 3.8) is 0 Å². The fourth-order valence-corrected chi connectivity index (χ4v) is 2.57. The van der Waals surface area contributed by atoms with Gasteiger partial charge < -0.3 is 5.21 Å². The van der Waals surface area contributed by atoms with Crippen LogP contribution < -0.4 is 9.44 Å². The molecule has 6 nitrogen and oxygen atoms in total. The quantitative estimate of drug-likeness (QED) is 0.431. The van der Waals surface area contributed by atoms with Gasteiger partial charge in [0.05, 0.1) is 11.4 Å². The molecule has 1 rings (SSSR count). The normalized spacial score (nSPS) is 12.8. The zero-order chi connectivity index (χ0) is 13.8. The molecule has 0 saturated carbocycles. The Morgan fingerprint density at radius 1 is 1.33 bits per heavy atom. The average molecular weight is 271 g/mol. The smallest absolute Gasteiger partial charge is 0.299 e. The van der Waals surface area contributed by atoms with E-state index in [-0.39, 0.29) is 6.04 Å². The number of oxime groups is 1. The van der Waals surface area contributed by atoms with Crippen molar-refractivity contribution in [2.24, 2.45) is 5.16 Å². The molecule has 18 heavy (non-hydrogen) atoms. The minimum Gasteiger partial charge on any atom is -0.411 e. The van der Waals surface area contributed by atoms with E-state index >= 15 is 0 Å². The second-order valence-corrected chi connectivity index (χ2v) is 5.56. The van der Waals surface area contributed by atoms with Gasteiger partial charge in [-0.2, -0.15) is 13.1 Å². The maximum Gasteiger partial charge on any atom is 0.299 e. The predicted octanol–water partition coefficient (Wildman–Crippen LogP) is 1.54. The molecular formula is C11H17N3O3S. The Bertz CT molecular complexity index is 538. The van der Waals surface area contributed by atoms with Gasteiger partial charge in [-0.25, -0.2) is 0 Å². The molecular weight excluding hydrogens is 254 g/mol. The van der Waals surface area contributed by atoms with Gasteiger partial charge in [-0.05, 0) is 26.8 Å². The monoisotopic (exact) mass is 271 g/mol. The molecule has 0 aliphatic rings. The Balaban J connectivity index is 3.05. The van der Waals surface area contributed by atoms with Crippen LogP contribution in [0.25, 0.3) is 0 Å². The van der Waals surface area contributed by atoms with Crippen LogP contribution in [0.3, 0.4) is 0 Å². The predicted molar refractivity (Wildman–Crippen MR) is 71.3 cm³/mol. The molecule has 1 aromatic carbocycles. The second kappa shape index (κ2) is 5.83. The Hall–Kier alpha value is -1.60. The Kier molecular flexibility index (Phi) is 4.69. The number of hydrogen-bond donors (Lipinski definition) is 3. The summed E-state index contributed by atoms with van der Waals surface area (Å²) in [7, 11) is -3.63. The molecule has 0 amide bonds. The van der Waals surface area contributed by atoms with E-state index in [1.165, 1.54) is 0 Å². The first-order valence-electron chi connectivity index (χ1n) is 5.44. The van der Waals surface area contributed by atoms with Crippen molar-refractivity contribution in [2.75, 3.05) is 4.72 Å². The van der Waals surface area contributed by atoms with Crippen molar-refractivity contribution in [1.29, 1.82) is 0 Å². The van der Waals surface area contributed by atoms with Gasteiger partial charge >= 0.3 is 0 Å². The van der Waals surface area contributed by atoms with Crippen molar-refractivity contribution in [3.05, 3.63) is 29.8 Å². The molecule has 0 radical (unpaired) electrons. The van der Waals surface area contributed by atoms with Crippen molar-refractivity contribution < 1.29 is 13.6 Å². The molecule has 0 saturated heterocycles. The van der Waals surface area contributed by atoms with E-state index in [0.717, 1.165) is 0 Å². The van der Waals surface area contributed by atoms with Crippen LogP contribution in [0.2, 0.25) is 0 Å². The molecule has 0 bridgehead atoms. The summed E-state index contributed by atoms with van der Waals surface area (Å²) in [5.41, 5.74) is 1.22. The zero-order valence-electron chi connectivity index (χ0n) is 10.5. The average Bonchev–Trinajstić information content (AvgIpc) is 2.26. The molecule has 100 valence electrons.